The van der Waals surface area contributed by atoms with Crippen LogP contribution in [0.3, 0.4) is 0 Å². The zero-order valence-corrected chi connectivity index (χ0v) is 14.5. The summed E-state index contributed by atoms with van der Waals surface area (Å²) in [7, 11) is 0. The molecule has 5 nitrogen and oxygen atoms in total. The molecule has 1 aromatic rings. The summed E-state index contributed by atoms with van der Waals surface area (Å²) in [6.07, 6.45) is 5.11. The van der Waals surface area contributed by atoms with Gasteiger partial charge in [0.1, 0.15) is 0 Å². The van der Waals surface area contributed by atoms with E-state index in [2.05, 4.69) is 12.2 Å². The lowest BCUT2D eigenvalue weighted by molar-refractivity contribution is -0.123. The molecule has 1 heterocycles. The minimum Gasteiger partial charge on any atom is -0.339 e. The molecule has 3 aliphatic rings. The van der Waals surface area contributed by atoms with Gasteiger partial charge in [0, 0.05) is 18.7 Å². The monoisotopic (exact) mass is 338 g/mol. The fourth-order valence-corrected chi connectivity index (χ4v) is 4.60. The Kier molecular flexibility index (Phi) is 3.74. The van der Waals surface area contributed by atoms with Gasteiger partial charge in [-0.05, 0) is 56.4 Å². The van der Waals surface area contributed by atoms with Crippen molar-refractivity contribution in [1.82, 2.24) is 4.90 Å². The van der Waals surface area contributed by atoms with Crippen molar-refractivity contribution in [2.75, 3.05) is 18.0 Å². The number of hydrogen-bond donors (Lipinski definition) is 0. The normalized spacial score (nSPS) is 29.4. The molecular formula is C20H22N2O3. The first-order chi connectivity index (χ1) is 12.1. The fourth-order valence-electron chi connectivity index (χ4n) is 4.60. The number of fused-ring (bicyclic) bond motifs is 5. The number of anilines is 1. The summed E-state index contributed by atoms with van der Waals surface area (Å²) in [6.45, 7) is 5.19. The first-order valence-electron chi connectivity index (χ1n) is 9.02. The highest BCUT2D eigenvalue weighted by Crippen LogP contribution is 2.53. The number of imide groups is 1. The molecule has 0 N–H and O–H groups in total. The van der Waals surface area contributed by atoms with Gasteiger partial charge in [-0.15, -0.1) is 0 Å². The largest absolute Gasteiger partial charge is 0.339 e. The van der Waals surface area contributed by atoms with Gasteiger partial charge in [-0.3, -0.25) is 19.3 Å². The third-order valence-electron chi connectivity index (χ3n) is 5.89. The molecule has 2 fully saturated rings. The Bertz CT molecular complexity index is 734. The van der Waals surface area contributed by atoms with Gasteiger partial charge in [-0.25, -0.2) is 0 Å². The molecule has 0 aromatic heterocycles. The van der Waals surface area contributed by atoms with E-state index in [0.29, 0.717) is 24.3 Å². The van der Waals surface area contributed by atoms with Crippen LogP contribution in [0.15, 0.2) is 36.4 Å². The van der Waals surface area contributed by atoms with Gasteiger partial charge < -0.3 is 4.90 Å². The molecule has 1 saturated heterocycles. The predicted octanol–water partition coefficient (Wildman–Crippen LogP) is 2.48. The smallest absolute Gasteiger partial charge is 0.253 e. The van der Waals surface area contributed by atoms with Crippen molar-refractivity contribution in [3.05, 3.63) is 42.0 Å². The van der Waals surface area contributed by atoms with Gasteiger partial charge in [0.2, 0.25) is 11.8 Å². The molecule has 25 heavy (non-hydrogen) atoms. The number of hydrogen-bond acceptors (Lipinski definition) is 3. The van der Waals surface area contributed by atoms with Crippen LogP contribution in [0, 0.1) is 23.7 Å². The van der Waals surface area contributed by atoms with E-state index >= 15 is 0 Å². The summed E-state index contributed by atoms with van der Waals surface area (Å²) < 4.78 is 0. The van der Waals surface area contributed by atoms with Crippen LogP contribution in [0.4, 0.5) is 5.69 Å². The van der Waals surface area contributed by atoms with Gasteiger partial charge in [0.05, 0.1) is 17.5 Å². The van der Waals surface area contributed by atoms with Gasteiger partial charge >= 0.3 is 0 Å². The van der Waals surface area contributed by atoms with Crippen LogP contribution < -0.4 is 4.90 Å². The second-order valence-electron chi connectivity index (χ2n) is 7.04. The maximum atomic E-state index is 12.8. The molecule has 1 aliphatic heterocycles. The van der Waals surface area contributed by atoms with Gasteiger partial charge in [-0.2, -0.15) is 0 Å². The van der Waals surface area contributed by atoms with Crippen LogP contribution >= 0.6 is 0 Å². The van der Waals surface area contributed by atoms with Crippen LogP contribution in [0.2, 0.25) is 0 Å². The van der Waals surface area contributed by atoms with E-state index in [-0.39, 0.29) is 41.4 Å². The standard InChI is InChI=1S/C20H22N2O3/c1-3-21(4-2)18(23)12-7-9-15(10-8-12)22-19(24)16-13-5-6-14(11-13)17(16)20(22)25/h5-10,13-14,16-17H,3-4,11H2,1-2H3/t13-,14+,16-,17+. The third-order valence-corrected chi connectivity index (χ3v) is 5.89. The number of carbonyl (C=O) groups excluding carboxylic acids is 3. The zero-order chi connectivity index (χ0) is 17.7. The van der Waals surface area contributed by atoms with Gasteiger partial charge in [-0.1, -0.05) is 12.2 Å². The molecule has 0 radical (unpaired) electrons. The fraction of sp³-hybridized carbons (Fsp3) is 0.450. The van der Waals surface area contributed by atoms with Crippen LogP contribution in [0.1, 0.15) is 30.6 Å². The molecule has 2 aliphatic carbocycles. The van der Waals surface area contributed by atoms with E-state index in [1.165, 1.54) is 4.90 Å². The summed E-state index contributed by atoms with van der Waals surface area (Å²) >= 11 is 0. The molecule has 4 rings (SSSR count). The minimum atomic E-state index is -0.195. The first-order valence-corrected chi connectivity index (χ1v) is 9.02. The Labute approximate surface area is 147 Å². The molecule has 1 aromatic carbocycles. The maximum Gasteiger partial charge on any atom is 0.253 e. The van der Waals surface area contributed by atoms with E-state index in [4.69, 9.17) is 0 Å². The Morgan fingerprint density at radius 2 is 1.52 bits per heavy atom. The van der Waals surface area contributed by atoms with E-state index in [0.717, 1.165) is 6.42 Å². The molecule has 4 atom stereocenters. The molecule has 5 heteroatoms. The molecule has 0 unspecified atom stereocenters. The third kappa shape index (κ3) is 2.25. The van der Waals surface area contributed by atoms with Crippen molar-refractivity contribution >= 4 is 23.4 Å². The first kappa shape index (κ1) is 16.1. The van der Waals surface area contributed by atoms with E-state index < -0.39 is 0 Å². The molecule has 130 valence electrons. The Hall–Kier alpha value is -2.43. The van der Waals surface area contributed by atoms with Crippen molar-refractivity contribution in [2.45, 2.75) is 20.3 Å². The molecular weight excluding hydrogens is 316 g/mol. The summed E-state index contributed by atoms with van der Waals surface area (Å²) in [4.78, 5) is 41.1. The SMILES string of the molecule is CCN(CC)C(=O)c1ccc(N2C(=O)[C@@H]3[C@H](C2=O)[C@@H]2C=C[C@H]3C2)cc1. The topological polar surface area (TPSA) is 57.7 Å². The number of rotatable bonds is 4. The van der Waals surface area contributed by atoms with Crippen molar-refractivity contribution in [3.63, 3.8) is 0 Å². The van der Waals surface area contributed by atoms with Crippen LogP contribution in [-0.4, -0.2) is 35.7 Å². The quantitative estimate of drug-likeness (QED) is 0.626. The van der Waals surface area contributed by atoms with Crippen molar-refractivity contribution in [3.8, 4) is 0 Å². The number of benzene rings is 1. The Balaban J connectivity index is 1.58. The van der Waals surface area contributed by atoms with E-state index in [1.807, 2.05) is 13.8 Å². The Morgan fingerprint density at radius 3 is 2.00 bits per heavy atom. The predicted molar refractivity (Wildman–Crippen MR) is 93.9 cm³/mol. The van der Waals surface area contributed by atoms with E-state index in [9.17, 15) is 14.4 Å². The number of allylic oxidation sites excluding steroid dienone is 2. The highest BCUT2D eigenvalue weighted by molar-refractivity contribution is 6.22. The van der Waals surface area contributed by atoms with Gasteiger partial charge in [0.15, 0.2) is 0 Å². The van der Waals surface area contributed by atoms with Crippen LogP contribution in [-0.2, 0) is 9.59 Å². The Morgan fingerprint density at radius 1 is 1.00 bits per heavy atom. The number of amides is 3. The number of carbonyl (C=O) groups is 3. The van der Waals surface area contributed by atoms with Gasteiger partial charge in [0.25, 0.3) is 5.91 Å². The van der Waals surface area contributed by atoms with Crippen molar-refractivity contribution in [1.29, 1.82) is 0 Å². The molecule has 2 bridgehead atoms. The molecule has 0 spiro atoms. The highest BCUT2D eigenvalue weighted by atomic mass is 16.2. The summed E-state index contributed by atoms with van der Waals surface area (Å²) in [5.74, 6) is -0.182. The average Bonchev–Trinajstić information content (AvgIpc) is 3.30. The van der Waals surface area contributed by atoms with Crippen molar-refractivity contribution in [2.24, 2.45) is 23.7 Å². The highest BCUT2D eigenvalue weighted by Gasteiger charge is 2.59. The lowest BCUT2D eigenvalue weighted by Gasteiger charge is -2.20. The number of nitrogens with zero attached hydrogens (tertiary/aromatic N) is 2. The summed E-state index contributed by atoms with van der Waals surface area (Å²) in [6, 6.07) is 6.83. The summed E-state index contributed by atoms with van der Waals surface area (Å²) in [5, 5.41) is 0. The van der Waals surface area contributed by atoms with Crippen LogP contribution in [0.5, 0.6) is 0 Å². The zero-order valence-electron chi connectivity index (χ0n) is 14.5. The molecule has 1 saturated carbocycles. The summed E-state index contributed by atoms with van der Waals surface area (Å²) in [5.41, 5.74) is 1.15. The lowest BCUT2D eigenvalue weighted by Crippen LogP contribution is -2.33. The second-order valence-corrected chi connectivity index (χ2v) is 7.04. The lowest BCUT2D eigenvalue weighted by atomic mass is 9.85. The second kappa shape index (κ2) is 5.83. The minimum absolute atomic E-state index is 0.0326. The average molecular weight is 338 g/mol. The maximum absolute atomic E-state index is 12.8. The van der Waals surface area contributed by atoms with E-state index in [1.54, 1.807) is 29.2 Å². The van der Waals surface area contributed by atoms with Crippen molar-refractivity contribution < 1.29 is 14.4 Å². The molecule has 3 amide bonds. The van der Waals surface area contributed by atoms with Crippen LogP contribution in [0.25, 0.3) is 0 Å².